The minimum absolute atomic E-state index is 0.154. The highest BCUT2D eigenvalue weighted by Crippen LogP contribution is 2.24. The molecule has 3 rings (SSSR count). The van der Waals surface area contributed by atoms with Crippen molar-refractivity contribution >= 4 is 17.4 Å². The van der Waals surface area contributed by atoms with Crippen LogP contribution in [0.5, 0.6) is 0 Å². The maximum atomic E-state index is 13.2. The first-order valence-corrected chi connectivity index (χ1v) is 10.9. The molecule has 2 aromatic carbocycles. The first-order valence-electron chi connectivity index (χ1n) is 10.9. The van der Waals surface area contributed by atoms with E-state index >= 15 is 0 Å². The number of benzene rings is 2. The molecular weight excluding hydrogens is 418 g/mol. The quantitative estimate of drug-likeness (QED) is 0.404. The molecule has 174 valence electrons. The third-order valence-electron chi connectivity index (χ3n) is 5.97. The van der Waals surface area contributed by atoms with Crippen LogP contribution in [0, 0.1) is 0 Å². The fraction of sp³-hybridized carbons (Fsp3) is 0.308. The first-order chi connectivity index (χ1) is 15.9. The van der Waals surface area contributed by atoms with Gasteiger partial charge in [0.15, 0.2) is 5.54 Å². The van der Waals surface area contributed by atoms with E-state index in [1.54, 1.807) is 12.1 Å². The van der Waals surface area contributed by atoms with Gasteiger partial charge in [-0.1, -0.05) is 60.7 Å². The molecular formula is C26H31N3O4. The predicted molar refractivity (Wildman–Crippen MR) is 128 cm³/mol. The van der Waals surface area contributed by atoms with Crippen LogP contribution < -0.4 is 10.8 Å². The number of amides is 2. The van der Waals surface area contributed by atoms with E-state index < -0.39 is 23.6 Å². The summed E-state index contributed by atoms with van der Waals surface area (Å²) >= 11 is 0. The van der Waals surface area contributed by atoms with Gasteiger partial charge < -0.3 is 10.0 Å². The maximum absolute atomic E-state index is 13.2. The van der Waals surface area contributed by atoms with Crippen LogP contribution in [0.4, 0.5) is 0 Å². The van der Waals surface area contributed by atoms with Gasteiger partial charge in [-0.25, -0.2) is 5.48 Å². The van der Waals surface area contributed by atoms with Crippen molar-refractivity contribution in [3.63, 3.8) is 0 Å². The Kier molecular flexibility index (Phi) is 8.16. The summed E-state index contributed by atoms with van der Waals surface area (Å²) in [4.78, 5) is 32.9. The summed E-state index contributed by atoms with van der Waals surface area (Å²) in [6.45, 7) is 1.64. The average molecular weight is 450 g/mol. The smallest absolute Gasteiger partial charge is 0.273 e. The predicted octanol–water partition coefficient (Wildman–Crippen LogP) is 3.04. The second kappa shape index (κ2) is 11.0. The highest BCUT2D eigenvalue weighted by atomic mass is 16.7. The number of hydroxylamine groups is 1. The number of likely N-dealkylation sites (N-methyl/N-ethyl adjacent to an activating group) is 2. The number of rotatable bonds is 9. The van der Waals surface area contributed by atoms with Crippen molar-refractivity contribution in [2.45, 2.75) is 38.1 Å². The second-order valence-corrected chi connectivity index (χ2v) is 8.12. The van der Waals surface area contributed by atoms with Crippen LogP contribution in [0.25, 0.3) is 5.57 Å². The summed E-state index contributed by atoms with van der Waals surface area (Å²) < 4.78 is 0. The molecule has 0 saturated carbocycles. The van der Waals surface area contributed by atoms with Crippen LogP contribution in [0.15, 0.2) is 72.8 Å². The van der Waals surface area contributed by atoms with E-state index in [0.717, 1.165) is 29.5 Å². The van der Waals surface area contributed by atoms with Gasteiger partial charge >= 0.3 is 0 Å². The molecule has 2 aromatic rings. The molecule has 33 heavy (non-hydrogen) atoms. The maximum Gasteiger partial charge on any atom is 0.273 e. The molecule has 1 aliphatic carbocycles. The Morgan fingerprint density at radius 1 is 1.12 bits per heavy atom. The van der Waals surface area contributed by atoms with Gasteiger partial charge in [0.2, 0.25) is 0 Å². The summed E-state index contributed by atoms with van der Waals surface area (Å²) in [6, 6.07) is 16.6. The van der Waals surface area contributed by atoms with Crippen molar-refractivity contribution in [1.82, 2.24) is 15.7 Å². The number of allylic oxidation sites excluding steroid dienone is 4. The Bertz CT molecular complexity index is 1020. The Hall–Kier alpha value is -3.26. The summed E-state index contributed by atoms with van der Waals surface area (Å²) in [7, 11) is 3.00. The van der Waals surface area contributed by atoms with Gasteiger partial charge in [-0.3, -0.25) is 19.7 Å². The number of hydrogen-bond donors (Lipinski definition) is 3. The molecule has 0 fully saturated rings. The van der Waals surface area contributed by atoms with E-state index in [1.807, 2.05) is 42.5 Å². The van der Waals surface area contributed by atoms with Gasteiger partial charge in [-0.05, 0) is 55.6 Å². The van der Waals surface area contributed by atoms with Crippen molar-refractivity contribution in [3.8, 4) is 0 Å². The number of nitrogens with zero attached hydrogens (tertiary/aromatic N) is 1. The van der Waals surface area contributed by atoms with Crippen LogP contribution in [0.3, 0.4) is 0 Å². The Morgan fingerprint density at radius 3 is 2.42 bits per heavy atom. The Labute approximate surface area is 194 Å². The molecule has 0 spiro atoms. The molecule has 1 aliphatic rings. The lowest BCUT2D eigenvalue weighted by molar-refractivity contribution is -0.152. The summed E-state index contributed by atoms with van der Waals surface area (Å²) in [6.07, 6.45) is 7.08. The zero-order valence-corrected chi connectivity index (χ0v) is 19.2. The van der Waals surface area contributed by atoms with Crippen LogP contribution >= 0.6 is 0 Å². The van der Waals surface area contributed by atoms with E-state index in [1.165, 1.54) is 25.9 Å². The van der Waals surface area contributed by atoms with E-state index in [9.17, 15) is 14.7 Å². The Balaban J connectivity index is 1.73. The summed E-state index contributed by atoms with van der Waals surface area (Å²) in [5.41, 5.74) is 4.18. The number of carbonyl (C=O) groups is 2. The molecule has 3 N–H and O–H groups in total. The lowest BCUT2D eigenvalue weighted by Crippen LogP contribution is -2.66. The third kappa shape index (κ3) is 5.57. The van der Waals surface area contributed by atoms with E-state index in [-0.39, 0.29) is 6.61 Å². The van der Waals surface area contributed by atoms with Crippen molar-refractivity contribution in [1.29, 1.82) is 0 Å². The van der Waals surface area contributed by atoms with Gasteiger partial charge in [-0.15, -0.1) is 0 Å². The molecule has 7 nitrogen and oxygen atoms in total. The third-order valence-corrected chi connectivity index (χ3v) is 5.97. The Morgan fingerprint density at radius 2 is 1.82 bits per heavy atom. The number of hydrogen-bond acceptors (Lipinski definition) is 5. The highest BCUT2D eigenvalue weighted by Gasteiger charge is 2.46. The van der Waals surface area contributed by atoms with Crippen molar-refractivity contribution in [2.75, 3.05) is 14.1 Å². The SMILES string of the molecule is CNC(O)C(C)(C(=O)NOCc1ccccc1)N(C)C(=O)c1ccc(C2=CCCC=C2)cc1. The normalized spacial score (nSPS) is 15.8. The first kappa shape index (κ1) is 24.4. The van der Waals surface area contributed by atoms with Crippen LogP contribution in [-0.4, -0.2) is 47.7 Å². The molecule has 0 bridgehead atoms. The van der Waals surface area contributed by atoms with Gasteiger partial charge in [0, 0.05) is 12.6 Å². The molecule has 0 aliphatic heterocycles. The van der Waals surface area contributed by atoms with Crippen molar-refractivity contribution in [2.24, 2.45) is 0 Å². The molecule has 0 radical (unpaired) electrons. The highest BCUT2D eigenvalue weighted by molar-refractivity contribution is 5.99. The lowest BCUT2D eigenvalue weighted by atomic mass is 9.95. The van der Waals surface area contributed by atoms with E-state index in [4.69, 9.17) is 4.84 Å². The van der Waals surface area contributed by atoms with E-state index in [0.29, 0.717) is 5.56 Å². The van der Waals surface area contributed by atoms with Gasteiger partial charge in [0.1, 0.15) is 6.23 Å². The van der Waals surface area contributed by atoms with Crippen LogP contribution in [0.1, 0.15) is 41.3 Å². The molecule has 2 unspecified atom stereocenters. The van der Waals surface area contributed by atoms with Crippen LogP contribution in [0.2, 0.25) is 0 Å². The molecule has 0 aromatic heterocycles. The van der Waals surface area contributed by atoms with Gasteiger partial charge in [-0.2, -0.15) is 0 Å². The number of aliphatic hydroxyl groups is 1. The van der Waals surface area contributed by atoms with Crippen molar-refractivity contribution in [3.05, 3.63) is 89.5 Å². The molecule has 2 atom stereocenters. The van der Waals surface area contributed by atoms with Gasteiger partial charge in [0.25, 0.3) is 11.8 Å². The van der Waals surface area contributed by atoms with E-state index in [2.05, 4.69) is 29.0 Å². The molecule has 0 heterocycles. The zero-order valence-electron chi connectivity index (χ0n) is 19.2. The fourth-order valence-corrected chi connectivity index (χ4v) is 3.64. The summed E-state index contributed by atoms with van der Waals surface area (Å²) in [5.74, 6) is -1.05. The minimum Gasteiger partial charge on any atom is -0.376 e. The minimum atomic E-state index is -1.63. The van der Waals surface area contributed by atoms with Crippen LogP contribution in [-0.2, 0) is 16.2 Å². The summed E-state index contributed by atoms with van der Waals surface area (Å²) in [5, 5.41) is 13.3. The molecule has 7 heteroatoms. The standard InChI is InChI=1S/C26H31N3O4/c1-26(24(31)27-2,25(32)28-33-18-19-10-6-4-7-11-19)29(3)23(30)22-16-14-21(15-17-22)20-12-8-5-9-13-20/h4,6-8,10-17,24,27,31H,5,9,18H2,1-3H3,(H,28,32). The fourth-order valence-electron chi connectivity index (χ4n) is 3.64. The number of aliphatic hydroxyl groups excluding tert-OH is 1. The second-order valence-electron chi connectivity index (χ2n) is 8.12. The molecule has 2 amide bonds. The van der Waals surface area contributed by atoms with Crippen molar-refractivity contribution < 1.29 is 19.5 Å². The number of nitrogens with one attached hydrogen (secondary N) is 2. The van der Waals surface area contributed by atoms with Gasteiger partial charge in [0.05, 0.1) is 6.61 Å². The zero-order chi connectivity index (χ0) is 23.8. The monoisotopic (exact) mass is 449 g/mol. The topological polar surface area (TPSA) is 90.9 Å². The largest absolute Gasteiger partial charge is 0.376 e. The number of carbonyl (C=O) groups excluding carboxylic acids is 2. The average Bonchev–Trinajstić information content (AvgIpc) is 2.88. The lowest BCUT2D eigenvalue weighted by Gasteiger charge is -2.40. The molecule has 0 saturated heterocycles.